The molecular weight excluding hydrogens is 775 g/mol. The highest BCUT2D eigenvalue weighted by Gasteiger charge is 2.25. The summed E-state index contributed by atoms with van der Waals surface area (Å²) in [7, 11) is 5.42. The van der Waals surface area contributed by atoms with Crippen LogP contribution in [0.15, 0.2) is 36.5 Å². The number of aliphatic carboxylic acids is 1. The second-order valence-corrected chi connectivity index (χ2v) is 18.8. The fourth-order valence-electron chi connectivity index (χ4n) is 7.69. The van der Waals surface area contributed by atoms with Crippen LogP contribution in [0.3, 0.4) is 0 Å². The van der Waals surface area contributed by atoms with E-state index in [1.165, 1.54) is 154 Å². The number of nitrogens with zero attached hydrogens (tertiary/aromatic N) is 1. The van der Waals surface area contributed by atoms with Crippen LogP contribution in [0, 0.1) is 0 Å². The van der Waals surface area contributed by atoms with Crippen LogP contribution in [0.2, 0.25) is 0 Å². The Labute approximate surface area is 383 Å². The molecule has 8 nitrogen and oxygen atoms in total. The van der Waals surface area contributed by atoms with E-state index in [0.29, 0.717) is 12.8 Å². The van der Waals surface area contributed by atoms with Gasteiger partial charge < -0.3 is 28.6 Å². The number of carbonyl (C=O) groups is 3. The second-order valence-electron chi connectivity index (χ2n) is 18.8. The van der Waals surface area contributed by atoms with Crippen molar-refractivity contribution in [2.45, 2.75) is 251 Å². The van der Waals surface area contributed by atoms with Crippen molar-refractivity contribution in [2.75, 3.05) is 41.0 Å². The van der Waals surface area contributed by atoms with Gasteiger partial charge >= 0.3 is 11.9 Å². The molecule has 0 aliphatic carbocycles. The molecule has 0 aliphatic rings. The summed E-state index contributed by atoms with van der Waals surface area (Å²) in [6, 6.07) is -0.728. The molecule has 0 radical (unpaired) electrons. The summed E-state index contributed by atoms with van der Waals surface area (Å²) in [5.74, 6) is -1.74. The molecule has 0 heterocycles. The van der Waals surface area contributed by atoms with Gasteiger partial charge in [0.15, 0.2) is 6.10 Å². The topological polar surface area (TPSA) is 102 Å². The number of carbonyl (C=O) groups excluding carboxylic acids is 3. The van der Waals surface area contributed by atoms with E-state index >= 15 is 0 Å². The standard InChI is InChI=1S/C54H99NO7/c1-6-8-10-12-14-16-18-20-22-24-25-26-27-29-31-33-35-37-39-41-43-45-53(57)62-50(48-60-47-46-51(54(58)59)55(3,4)5)49-61-52(56)44-42-40-38-36-34-32-30-28-23-21-19-17-15-13-11-9-7-2/h15,17,21,23,26-27,50-51H,6-14,16,18-20,22,24-25,28-49H2,1-5H3/b17-15+,23-21+,27-26+. The van der Waals surface area contributed by atoms with Gasteiger partial charge in [-0.05, 0) is 70.6 Å². The van der Waals surface area contributed by atoms with Crippen molar-refractivity contribution in [1.29, 1.82) is 0 Å². The van der Waals surface area contributed by atoms with E-state index in [4.69, 9.17) is 14.2 Å². The second kappa shape index (κ2) is 45.1. The lowest BCUT2D eigenvalue weighted by atomic mass is 10.1. The molecule has 0 N–H and O–H groups in total. The number of esters is 2. The minimum Gasteiger partial charge on any atom is -0.544 e. The predicted octanol–water partition coefficient (Wildman–Crippen LogP) is 13.6. The SMILES string of the molecule is CCCCC/C=C/C/C=C/CCCCCCCCCC(=O)OCC(COCCC(C(=O)[O-])[N+](C)(C)C)OC(=O)CCCCCCCCC/C=C/CCCCCCCCCCCC. The summed E-state index contributed by atoms with van der Waals surface area (Å²) in [6.07, 6.45) is 53.1. The molecule has 0 spiro atoms. The first-order chi connectivity index (χ1) is 30.1. The molecule has 0 rings (SSSR count). The van der Waals surface area contributed by atoms with Crippen LogP contribution in [0.25, 0.3) is 0 Å². The Kier molecular flexibility index (Phi) is 43.3. The number of carboxylic acid groups (broad SMARTS) is 1. The number of hydrogen-bond acceptors (Lipinski definition) is 7. The Balaban J connectivity index is 4.24. The van der Waals surface area contributed by atoms with Crippen LogP contribution < -0.4 is 5.11 Å². The zero-order valence-electron chi connectivity index (χ0n) is 41.3. The molecule has 0 saturated carbocycles. The molecule has 0 aromatic heterocycles. The Hall–Kier alpha value is -2.45. The van der Waals surface area contributed by atoms with Crippen molar-refractivity contribution >= 4 is 17.9 Å². The highest BCUT2D eigenvalue weighted by atomic mass is 16.6. The maximum absolute atomic E-state index is 12.8. The number of ether oxygens (including phenoxy) is 3. The van der Waals surface area contributed by atoms with Gasteiger partial charge in [0.1, 0.15) is 12.6 Å². The van der Waals surface area contributed by atoms with Crippen molar-refractivity contribution in [1.82, 2.24) is 0 Å². The summed E-state index contributed by atoms with van der Waals surface area (Å²) < 4.78 is 17.2. The molecule has 0 aromatic rings. The molecular formula is C54H99NO7. The number of allylic oxidation sites excluding steroid dienone is 6. The molecule has 8 heteroatoms. The summed E-state index contributed by atoms with van der Waals surface area (Å²) in [5, 5.41) is 11.7. The lowest BCUT2D eigenvalue weighted by Crippen LogP contribution is -2.55. The van der Waals surface area contributed by atoms with Crippen LogP contribution in [0.4, 0.5) is 0 Å². The van der Waals surface area contributed by atoms with Crippen molar-refractivity contribution in [3.8, 4) is 0 Å². The molecule has 0 saturated heterocycles. The Bertz CT molecular complexity index is 1110. The quantitative estimate of drug-likeness (QED) is 0.0260. The molecule has 0 aromatic carbocycles. The summed E-state index contributed by atoms with van der Waals surface area (Å²) in [6.45, 7) is 4.65. The van der Waals surface area contributed by atoms with Gasteiger partial charge in [-0.15, -0.1) is 0 Å². The van der Waals surface area contributed by atoms with E-state index in [2.05, 4.69) is 50.3 Å². The average molecular weight is 874 g/mol. The molecule has 0 fully saturated rings. The molecule has 0 aliphatic heterocycles. The van der Waals surface area contributed by atoms with Crippen LogP contribution >= 0.6 is 0 Å². The first kappa shape index (κ1) is 59.5. The number of carboxylic acids is 1. The normalized spacial score (nSPS) is 13.1. The fraction of sp³-hybridized carbons (Fsp3) is 0.833. The largest absolute Gasteiger partial charge is 0.544 e. The van der Waals surface area contributed by atoms with Crippen LogP contribution in [0.1, 0.15) is 239 Å². The van der Waals surface area contributed by atoms with Gasteiger partial charge in [-0.1, -0.05) is 185 Å². The summed E-state index contributed by atoms with van der Waals surface area (Å²) >= 11 is 0. The average Bonchev–Trinajstić information content (AvgIpc) is 3.23. The van der Waals surface area contributed by atoms with Gasteiger partial charge in [-0.3, -0.25) is 9.59 Å². The minimum absolute atomic E-state index is 0.0381. The van der Waals surface area contributed by atoms with Crippen LogP contribution in [0.5, 0.6) is 0 Å². The first-order valence-corrected chi connectivity index (χ1v) is 26.0. The lowest BCUT2D eigenvalue weighted by molar-refractivity contribution is -0.889. The van der Waals surface area contributed by atoms with E-state index in [1.807, 2.05) is 0 Å². The van der Waals surface area contributed by atoms with Crippen molar-refractivity contribution in [3.63, 3.8) is 0 Å². The van der Waals surface area contributed by atoms with Crippen LogP contribution in [-0.2, 0) is 28.6 Å². The molecule has 2 unspecified atom stereocenters. The third-order valence-electron chi connectivity index (χ3n) is 11.7. The number of quaternary nitrogens is 1. The van der Waals surface area contributed by atoms with Crippen LogP contribution in [-0.4, -0.2) is 75.5 Å². The van der Waals surface area contributed by atoms with E-state index in [0.717, 1.165) is 51.4 Å². The number of rotatable bonds is 47. The molecule has 0 bridgehead atoms. The van der Waals surface area contributed by atoms with Crippen molar-refractivity contribution in [2.24, 2.45) is 0 Å². The van der Waals surface area contributed by atoms with E-state index in [-0.39, 0.29) is 42.7 Å². The van der Waals surface area contributed by atoms with Gasteiger partial charge in [0.05, 0.1) is 40.3 Å². The van der Waals surface area contributed by atoms with E-state index < -0.39 is 18.1 Å². The van der Waals surface area contributed by atoms with Gasteiger partial charge in [-0.25, -0.2) is 0 Å². The molecule has 0 amide bonds. The first-order valence-electron chi connectivity index (χ1n) is 26.0. The smallest absolute Gasteiger partial charge is 0.306 e. The number of likely N-dealkylation sites (N-methyl/N-ethyl adjacent to an activating group) is 1. The number of hydrogen-bond donors (Lipinski definition) is 0. The van der Waals surface area contributed by atoms with Crippen molar-refractivity contribution < 1.29 is 38.2 Å². The lowest BCUT2D eigenvalue weighted by Gasteiger charge is -2.34. The van der Waals surface area contributed by atoms with Gasteiger partial charge in [-0.2, -0.15) is 0 Å². The maximum Gasteiger partial charge on any atom is 0.306 e. The fourth-order valence-corrected chi connectivity index (χ4v) is 7.69. The number of unbranched alkanes of at least 4 members (excludes halogenated alkanes) is 27. The zero-order chi connectivity index (χ0) is 45.6. The zero-order valence-corrected chi connectivity index (χ0v) is 41.3. The third-order valence-corrected chi connectivity index (χ3v) is 11.7. The Morgan fingerprint density at radius 2 is 0.855 bits per heavy atom. The maximum atomic E-state index is 12.8. The van der Waals surface area contributed by atoms with Crippen molar-refractivity contribution in [3.05, 3.63) is 36.5 Å². The Morgan fingerprint density at radius 1 is 0.484 bits per heavy atom. The molecule has 2 atom stereocenters. The van der Waals surface area contributed by atoms with Gasteiger partial charge in [0.25, 0.3) is 0 Å². The molecule has 62 heavy (non-hydrogen) atoms. The summed E-state index contributed by atoms with van der Waals surface area (Å²) in [4.78, 5) is 37.0. The molecule has 362 valence electrons. The third kappa shape index (κ3) is 42.8. The monoisotopic (exact) mass is 874 g/mol. The highest BCUT2D eigenvalue weighted by Crippen LogP contribution is 2.15. The van der Waals surface area contributed by atoms with Gasteiger partial charge in [0.2, 0.25) is 0 Å². The predicted molar refractivity (Wildman–Crippen MR) is 259 cm³/mol. The summed E-state index contributed by atoms with van der Waals surface area (Å²) in [5.41, 5.74) is 0. The highest BCUT2D eigenvalue weighted by molar-refractivity contribution is 5.70. The van der Waals surface area contributed by atoms with Gasteiger partial charge in [0, 0.05) is 19.3 Å². The van der Waals surface area contributed by atoms with E-state index in [1.54, 1.807) is 21.1 Å². The Morgan fingerprint density at radius 3 is 1.29 bits per heavy atom. The minimum atomic E-state index is -1.13. The van der Waals surface area contributed by atoms with E-state index in [9.17, 15) is 19.5 Å².